The minimum atomic E-state index is -4.64. The first-order valence-electron chi connectivity index (χ1n) is 9.10. The molecule has 8 nitrogen and oxygen atoms in total. The molecule has 0 saturated heterocycles. The monoisotopic (exact) mass is 459 g/mol. The number of benzene rings is 1. The summed E-state index contributed by atoms with van der Waals surface area (Å²) < 4.78 is 75.1. The molecular formula is C19H20F3N3O5S. The summed E-state index contributed by atoms with van der Waals surface area (Å²) in [7, 11) is -2.17. The third-order valence-electron chi connectivity index (χ3n) is 4.53. The van der Waals surface area contributed by atoms with Gasteiger partial charge in [-0.25, -0.2) is 18.2 Å². The number of nitrogens with zero attached hydrogens (tertiary/aromatic N) is 2. The average Bonchev–Trinajstić information content (AvgIpc) is 2.99. The molecule has 1 aromatic carbocycles. The van der Waals surface area contributed by atoms with E-state index >= 15 is 0 Å². The van der Waals surface area contributed by atoms with Crippen LogP contribution in [0.2, 0.25) is 0 Å². The van der Waals surface area contributed by atoms with Crippen molar-refractivity contribution in [1.82, 2.24) is 14.5 Å². The number of nitrogens with one attached hydrogen (secondary N) is 1. The van der Waals surface area contributed by atoms with Gasteiger partial charge in [-0.15, -0.1) is 0 Å². The van der Waals surface area contributed by atoms with Gasteiger partial charge in [-0.2, -0.15) is 13.2 Å². The van der Waals surface area contributed by atoms with Crippen molar-refractivity contribution in [2.45, 2.75) is 19.1 Å². The summed E-state index contributed by atoms with van der Waals surface area (Å²) in [4.78, 5) is 18.8. The smallest absolute Gasteiger partial charge is 0.417 e. The Bertz CT molecular complexity index is 1270. The molecular weight excluding hydrogens is 439 g/mol. The predicted molar refractivity (Wildman–Crippen MR) is 107 cm³/mol. The van der Waals surface area contributed by atoms with Crippen molar-refractivity contribution in [3.63, 3.8) is 0 Å². The first kappa shape index (κ1) is 22.7. The van der Waals surface area contributed by atoms with E-state index in [4.69, 9.17) is 9.47 Å². The Labute approximate surface area is 175 Å². The Hall–Kier alpha value is -3.02. The summed E-state index contributed by atoms with van der Waals surface area (Å²) in [5.74, 6) is 0.254. The lowest BCUT2D eigenvalue weighted by atomic mass is 10.1. The average molecular weight is 459 g/mol. The Kier molecular flexibility index (Phi) is 6.03. The molecule has 0 radical (unpaired) electrons. The molecule has 0 bridgehead atoms. The minimum absolute atomic E-state index is 0.0968. The summed E-state index contributed by atoms with van der Waals surface area (Å²) in [5, 5.41) is 0. The maximum atomic E-state index is 13.0. The molecule has 0 aliphatic heterocycles. The van der Waals surface area contributed by atoms with Crippen molar-refractivity contribution in [3.8, 4) is 11.5 Å². The maximum Gasteiger partial charge on any atom is 0.417 e. The second kappa shape index (κ2) is 8.25. The summed E-state index contributed by atoms with van der Waals surface area (Å²) in [5.41, 5.74) is -1.68. The van der Waals surface area contributed by atoms with Gasteiger partial charge in [-0.05, 0) is 30.7 Å². The fourth-order valence-electron chi connectivity index (χ4n) is 3.23. The molecule has 168 valence electrons. The molecule has 3 rings (SSSR count). The third-order valence-corrected chi connectivity index (χ3v) is 5.45. The number of rotatable bonds is 7. The highest BCUT2D eigenvalue weighted by Crippen LogP contribution is 2.34. The Morgan fingerprint density at radius 2 is 1.94 bits per heavy atom. The van der Waals surface area contributed by atoms with Crippen molar-refractivity contribution in [2.24, 2.45) is 0 Å². The van der Waals surface area contributed by atoms with Crippen molar-refractivity contribution in [1.29, 1.82) is 0 Å². The van der Waals surface area contributed by atoms with Crippen molar-refractivity contribution in [3.05, 3.63) is 52.1 Å². The molecule has 0 saturated carbocycles. The largest absolute Gasteiger partial charge is 0.493 e. The number of alkyl halides is 3. The van der Waals surface area contributed by atoms with E-state index in [0.29, 0.717) is 29.9 Å². The fourth-order valence-corrected chi connectivity index (χ4v) is 4.15. The van der Waals surface area contributed by atoms with Gasteiger partial charge in [-0.1, -0.05) is 6.07 Å². The van der Waals surface area contributed by atoms with Gasteiger partial charge in [0.2, 0.25) is 0 Å². The molecule has 2 aromatic heterocycles. The third kappa shape index (κ3) is 4.84. The van der Waals surface area contributed by atoms with E-state index in [-0.39, 0.29) is 11.2 Å². The second-order valence-corrected chi connectivity index (χ2v) is 9.03. The molecule has 0 amide bonds. The lowest BCUT2D eigenvalue weighted by Gasteiger charge is -2.20. The van der Waals surface area contributed by atoms with Crippen LogP contribution in [0.15, 0.2) is 35.3 Å². The molecule has 0 aliphatic carbocycles. The lowest BCUT2D eigenvalue weighted by Crippen LogP contribution is -2.28. The van der Waals surface area contributed by atoms with Crippen LogP contribution in [0.3, 0.4) is 0 Å². The van der Waals surface area contributed by atoms with Crippen LogP contribution in [-0.2, 0) is 16.0 Å². The number of aromatic amines is 1. The summed E-state index contributed by atoms with van der Waals surface area (Å²) in [6.07, 6.45) is -3.04. The van der Waals surface area contributed by atoms with Gasteiger partial charge in [0.25, 0.3) is 0 Å². The molecule has 31 heavy (non-hydrogen) atoms. The standard InChI is InChI=1S/C19H20F3N3O5S/c1-4-30-16-7-11(5-6-15(16)29-2)14(10-31(3,27)28)25-17-13(24-18(25)26)8-12(9-23-17)19(20,21)22/h5-9,14H,4,10H2,1-3H3,(H,24,26)/t14-/m1/s1. The zero-order chi connectivity index (χ0) is 23.0. The summed E-state index contributed by atoms with van der Waals surface area (Å²) in [6.45, 7) is 2.07. The number of ether oxygens (including phenoxy) is 2. The van der Waals surface area contributed by atoms with Crippen molar-refractivity contribution in [2.75, 3.05) is 25.7 Å². The lowest BCUT2D eigenvalue weighted by molar-refractivity contribution is -0.137. The molecule has 3 aromatic rings. The summed E-state index contributed by atoms with van der Waals surface area (Å²) in [6, 6.07) is 4.35. The quantitative estimate of drug-likeness (QED) is 0.583. The number of imidazole rings is 1. The number of fused-ring (bicyclic) bond motifs is 1. The highest BCUT2D eigenvalue weighted by molar-refractivity contribution is 7.90. The van der Waals surface area contributed by atoms with E-state index < -0.39 is 39.1 Å². The van der Waals surface area contributed by atoms with E-state index in [1.54, 1.807) is 19.1 Å². The van der Waals surface area contributed by atoms with Crippen LogP contribution in [0.4, 0.5) is 13.2 Å². The fraction of sp³-hybridized carbons (Fsp3) is 0.368. The zero-order valence-corrected chi connectivity index (χ0v) is 17.7. The van der Waals surface area contributed by atoms with Gasteiger partial charge in [0.15, 0.2) is 17.1 Å². The van der Waals surface area contributed by atoms with Gasteiger partial charge in [-0.3, -0.25) is 4.57 Å². The topological polar surface area (TPSA) is 103 Å². The summed E-state index contributed by atoms with van der Waals surface area (Å²) >= 11 is 0. The Morgan fingerprint density at radius 3 is 2.52 bits per heavy atom. The normalized spacial score (nSPS) is 13.4. The highest BCUT2D eigenvalue weighted by atomic mass is 32.2. The molecule has 1 atom stereocenters. The van der Waals surface area contributed by atoms with Crippen molar-refractivity contribution < 1.29 is 31.1 Å². The van der Waals surface area contributed by atoms with Crippen LogP contribution >= 0.6 is 0 Å². The number of aromatic nitrogens is 3. The van der Waals surface area contributed by atoms with Crippen molar-refractivity contribution >= 4 is 21.0 Å². The van der Waals surface area contributed by atoms with E-state index in [2.05, 4.69) is 9.97 Å². The van der Waals surface area contributed by atoms with Crippen LogP contribution in [0.25, 0.3) is 11.2 Å². The van der Waals surface area contributed by atoms with Crippen LogP contribution < -0.4 is 15.2 Å². The first-order chi connectivity index (χ1) is 14.4. The van der Waals surface area contributed by atoms with Gasteiger partial charge in [0.05, 0.1) is 36.6 Å². The molecule has 0 spiro atoms. The molecule has 0 aliphatic rings. The number of halogens is 3. The molecule has 0 fully saturated rings. The number of H-pyrrole nitrogens is 1. The molecule has 12 heteroatoms. The van der Waals surface area contributed by atoms with E-state index in [1.165, 1.54) is 13.2 Å². The number of hydrogen-bond acceptors (Lipinski definition) is 6. The van der Waals surface area contributed by atoms with Gasteiger partial charge in [0.1, 0.15) is 9.84 Å². The van der Waals surface area contributed by atoms with Gasteiger partial charge >= 0.3 is 11.9 Å². The van der Waals surface area contributed by atoms with Gasteiger partial charge < -0.3 is 14.5 Å². The maximum absolute atomic E-state index is 13.0. The number of hydrogen-bond donors (Lipinski definition) is 1. The predicted octanol–water partition coefficient (Wildman–Crippen LogP) is 2.78. The SMILES string of the molecule is CCOc1cc([C@@H](CS(C)(=O)=O)n2c(=O)[nH]c3cc(C(F)(F)F)cnc32)ccc1OC. The van der Waals surface area contributed by atoms with E-state index in [0.717, 1.165) is 16.9 Å². The minimum Gasteiger partial charge on any atom is -0.493 e. The Morgan fingerprint density at radius 1 is 1.23 bits per heavy atom. The highest BCUT2D eigenvalue weighted by Gasteiger charge is 2.32. The van der Waals surface area contributed by atoms with Crippen LogP contribution in [0.1, 0.15) is 24.1 Å². The van der Waals surface area contributed by atoms with E-state index in [1.807, 2.05) is 0 Å². The Balaban J connectivity index is 2.23. The van der Waals surface area contributed by atoms with Crippen LogP contribution in [-0.4, -0.2) is 48.7 Å². The van der Waals surface area contributed by atoms with E-state index in [9.17, 15) is 26.4 Å². The number of sulfone groups is 1. The van der Waals surface area contributed by atoms with Crippen LogP contribution in [0.5, 0.6) is 11.5 Å². The van der Waals surface area contributed by atoms with Crippen LogP contribution in [0, 0.1) is 0 Å². The molecule has 1 N–H and O–H groups in total. The first-order valence-corrected chi connectivity index (χ1v) is 11.2. The number of methoxy groups -OCH3 is 1. The molecule has 0 unspecified atom stereocenters. The second-order valence-electron chi connectivity index (χ2n) is 6.84. The number of pyridine rings is 1. The van der Waals surface area contributed by atoms with Gasteiger partial charge in [0, 0.05) is 12.5 Å². The molecule has 2 heterocycles. The zero-order valence-electron chi connectivity index (χ0n) is 16.9.